The van der Waals surface area contributed by atoms with Crippen LogP contribution in [0.5, 0.6) is 0 Å². The van der Waals surface area contributed by atoms with Crippen LogP contribution in [0.3, 0.4) is 0 Å². The summed E-state index contributed by atoms with van der Waals surface area (Å²) in [5.41, 5.74) is 1.81. The predicted molar refractivity (Wildman–Crippen MR) is 112 cm³/mol. The first-order valence-corrected chi connectivity index (χ1v) is 10.4. The predicted octanol–water partition coefficient (Wildman–Crippen LogP) is 3.22. The molecule has 0 saturated heterocycles. The molecule has 0 bridgehead atoms. The zero-order valence-corrected chi connectivity index (χ0v) is 17.9. The van der Waals surface area contributed by atoms with Gasteiger partial charge in [-0.15, -0.1) is 0 Å². The molecule has 162 valence electrons. The molecule has 4 rings (SSSR count). The molecule has 0 unspecified atom stereocenters. The molecule has 2 aromatic rings. The molecule has 0 spiro atoms. The number of amides is 3. The first kappa shape index (κ1) is 21.0. The molecule has 0 radical (unpaired) electrons. The number of fused-ring (bicyclic) bond motifs is 2. The van der Waals surface area contributed by atoms with Gasteiger partial charge >= 0.3 is 0 Å². The fourth-order valence-electron chi connectivity index (χ4n) is 4.05. The van der Waals surface area contributed by atoms with E-state index in [0.29, 0.717) is 41.7 Å². The minimum atomic E-state index is -0.438. The normalized spacial score (nSPS) is 16.8. The number of hydrogen-bond acceptors (Lipinski definition) is 4. The summed E-state index contributed by atoms with van der Waals surface area (Å²) in [7, 11) is 0. The second kappa shape index (κ2) is 7.76. The number of nitrogens with zero attached hydrogens (tertiary/aromatic N) is 4. The number of imide groups is 1. The van der Waals surface area contributed by atoms with Crippen LogP contribution in [0.15, 0.2) is 42.4 Å². The van der Waals surface area contributed by atoms with Gasteiger partial charge in [0.25, 0.3) is 17.7 Å². The summed E-state index contributed by atoms with van der Waals surface area (Å²) in [6.45, 7) is 6.57. The molecule has 3 amide bonds. The topological polar surface area (TPSA) is 75.5 Å². The second-order valence-electron chi connectivity index (χ2n) is 8.57. The van der Waals surface area contributed by atoms with Gasteiger partial charge in [0.15, 0.2) is 0 Å². The number of rotatable bonds is 6. The fraction of sp³-hybridized carbons (Fsp3) is 0.391. The van der Waals surface area contributed by atoms with E-state index in [1.165, 1.54) is 4.68 Å². The van der Waals surface area contributed by atoms with Gasteiger partial charge in [-0.3, -0.25) is 24.0 Å². The molecule has 8 heteroatoms. The van der Waals surface area contributed by atoms with Crippen LogP contribution in [-0.2, 0) is 13.0 Å². The zero-order valence-electron chi connectivity index (χ0n) is 17.9. The summed E-state index contributed by atoms with van der Waals surface area (Å²) in [5.74, 6) is -0.954. The Labute approximate surface area is 180 Å². The summed E-state index contributed by atoms with van der Waals surface area (Å²) in [6, 6.07) is 6.55. The van der Waals surface area contributed by atoms with Crippen LogP contribution in [0.25, 0.3) is 0 Å². The van der Waals surface area contributed by atoms with Crippen molar-refractivity contribution in [1.29, 1.82) is 0 Å². The van der Waals surface area contributed by atoms with Crippen molar-refractivity contribution in [3.63, 3.8) is 0 Å². The summed E-state index contributed by atoms with van der Waals surface area (Å²) in [6.07, 6.45) is 3.49. The Morgan fingerprint density at radius 1 is 1.06 bits per heavy atom. The Morgan fingerprint density at radius 2 is 1.71 bits per heavy atom. The molecule has 31 heavy (non-hydrogen) atoms. The fourth-order valence-corrected chi connectivity index (χ4v) is 4.05. The van der Waals surface area contributed by atoms with Crippen molar-refractivity contribution in [1.82, 2.24) is 19.6 Å². The van der Waals surface area contributed by atoms with Gasteiger partial charge in [-0.2, -0.15) is 5.10 Å². The third-order valence-electron chi connectivity index (χ3n) is 6.24. The van der Waals surface area contributed by atoms with Gasteiger partial charge in [0.05, 0.1) is 41.8 Å². The number of benzene rings is 1. The highest BCUT2D eigenvalue weighted by molar-refractivity contribution is 6.21. The van der Waals surface area contributed by atoms with Crippen molar-refractivity contribution in [2.75, 3.05) is 13.1 Å². The molecular weight excluding hydrogens is 399 g/mol. The van der Waals surface area contributed by atoms with Gasteiger partial charge < -0.3 is 4.90 Å². The van der Waals surface area contributed by atoms with Crippen molar-refractivity contribution < 1.29 is 18.8 Å². The Morgan fingerprint density at radius 3 is 2.29 bits per heavy atom. The third-order valence-corrected chi connectivity index (χ3v) is 6.24. The number of halogens is 1. The average Bonchev–Trinajstić information content (AvgIpc) is 3.28. The maximum atomic E-state index is 13.7. The van der Waals surface area contributed by atoms with E-state index in [1.807, 2.05) is 25.7 Å². The molecule has 0 aliphatic carbocycles. The van der Waals surface area contributed by atoms with Crippen molar-refractivity contribution in [2.45, 2.75) is 45.7 Å². The number of hydrogen-bond donors (Lipinski definition) is 0. The molecule has 7 nitrogen and oxygen atoms in total. The van der Waals surface area contributed by atoms with Gasteiger partial charge in [-0.05, 0) is 38.0 Å². The van der Waals surface area contributed by atoms with E-state index in [9.17, 15) is 18.8 Å². The molecule has 2 aliphatic rings. The van der Waals surface area contributed by atoms with Crippen LogP contribution < -0.4 is 0 Å². The number of carbonyl (C=O) groups is 3. The maximum Gasteiger partial charge on any atom is 0.261 e. The first-order chi connectivity index (χ1) is 14.8. The standard InChI is InChI=1S/C23H25FN4O3/c1-4-23(2,3)28-10-9-19-18(22(28)31)14-26(25-19)12-15(11-24)13-27-20(29)16-7-5-6-8-17(16)21(27)30/h5-8,11,14H,4,9-10,12-13H2,1-3H3. The summed E-state index contributed by atoms with van der Waals surface area (Å²) in [4.78, 5) is 41.0. The first-order valence-electron chi connectivity index (χ1n) is 10.4. The average molecular weight is 424 g/mol. The van der Waals surface area contributed by atoms with E-state index in [4.69, 9.17) is 0 Å². The minimum absolute atomic E-state index is 0.0430. The molecule has 0 N–H and O–H groups in total. The molecule has 0 atom stereocenters. The van der Waals surface area contributed by atoms with E-state index in [1.54, 1.807) is 30.5 Å². The third kappa shape index (κ3) is 3.56. The Balaban J connectivity index is 1.50. The monoisotopic (exact) mass is 424 g/mol. The van der Waals surface area contributed by atoms with Crippen molar-refractivity contribution >= 4 is 17.7 Å². The Bertz CT molecular complexity index is 1070. The zero-order chi connectivity index (χ0) is 22.3. The highest BCUT2D eigenvalue weighted by atomic mass is 19.1. The molecular formula is C23H25FN4O3. The molecule has 1 aromatic heterocycles. The minimum Gasteiger partial charge on any atom is -0.333 e. The Kier molecular flexibility index (Phi) is 5.24. The maximum absolute atomic E-state index is 13.7. The van der Waals surface area contributed by atoms with E-state index in [0.717, 1.165) is 11.3 Å². The van der Waals surface area contributed by atoms with E-state index < -0.39 is 11.8 Å². The van der Waals surface area contributed by atoms with Crippen LogP contribution in [0.2, 0.25) is 0 Å². The lowest BCUT2D eigenvalue weighted by Gasteiger charge is -2.40. The van der Waals surface area contributed by atoms with Gasteiger partial charge in [-0.25, -0.2) is 4.39 Å². The van der Waals surface area contributed by atoms with Gasteiger partial charge in [0, 0.05) is 24.7 Å². The lowest BCUT2D eigenvalue weighted by molar-refractivity contribution is 0.0516. The molecule has 1 aromatic carbocycles. The van der Waals surface area contributed by atoms with Gasteiger partial charge in [-0.1, -0.05) is 19.1 Å². The Hall–Kier alpha value is -3.29. The van der Waals surface area contributed by atoms with Crippen molar-refractivity contribution in [3.05, 3.63) is 64.7 Å². The largest absolute Gasteiger partial charge is 0.333 e. The lowest BCUT2D eigenvalue weighted by atomic mass is 9.95. The SMILES string of the molecule is CCC(C)(C)N1CCc2nn(CC(=CF)CN3C(=O)c4ccccc4C3=O)cc2C1=O. The molecule has 0 fully saturated rings. The van der Waals surface area contributed by atoms with Crippen molar-refractivity contribution in [2.24, 2.45) is 0 Å². The molecule has 2 aliphatic heterocycles. The summed E-state index contributed by atoms with van der Waals surface area (Å²) >= 11 is 0. The second-order valence-corrected chi connectivity index (χ2v) is 8.57. The quantitative estimate of drug-likeness (QED) is 0.668. The molecule has 0 saturated carbocycles. The summed E-state index contributed by atoms with van der Waals surface area (Å²) in [5, 5.41) is 4.46. The van der Waals surface area contributed by atoms with E-state index in [-0.39, 0.29) is 30.1 Å². The van der Waals surface area contributed by atoms with Crippen LogP contribution >= 0.6 is 0 Å². The molecule has 3 heterocycles. The van der Waals surface area contributed by atoms with Crippen LogP contribution in [0, 0.1) is 0 Å². The van der Waals surface area contributed by atoms with Crippen molar-refractivity contribution in [3.8, 4) is 0 Å². The van der Waals surface area contributed by atoms with Crippen LogP contribution in [0.4, 0.5) is 4.39 Å². The van der Waals surface area contributed by atoms with Gasteiger partial charge in [0.2, 0.25) is 0 Å². The van der Waals surface area contributed by atoms with E-state index in [2.05, 4.69) is 5.10 Å². The van der Waals surface area contributed by atoms with Gasteiger partial charge in [0.1, 0.15) is 0 Å². The smallest absolute Gasteiger partial charge is 0.261 e. The van der Waals surface area contributed by atoms with Crippen LogP contribution in [-0.4, -0.2) is 55.9 Å². The summed E-state index contributed by atoms with van der Waals surface area (Å²) < 4.78 is 15.2. The lowest BCUT2D eigenvalue weighted by Crippen LogP contribution is -2.50. The highest BCUT2D eigenvalue weighted by Crippen LogP contribution is 2.27. The number of carbonyl (C=O) groups excluding carboxylic acids is 3. The highest BCUT2D eigenvalue weighted by Gasteiger charge is 2.37. The van der Waals surface area contributed by atoms with Crippen LogP contribution in [0.1, 0.15) is 64.0 Å². The van der Waals surface area contributed by atoms with E-state index >= 15 is 0 Å². The number of aromatic nitrogens is 2.